The van der Waals surface area contributed by atoms with Crippen LogP contribution in [-0.2, 0) is 13.1 Å². The Kier molecular flexibility index (Phi) is 7.45. The first-order valence-corrected chi connectivity index (χ1v) is 7.06. The van der Waals surface area contributed by atoms with Crippen molar-refractivity contribution in [2.24, 2.45) is 5.92 Å². The summed E-state index contributed by atoms with van der Waals surface area (Å²) in [4.78, 5) is 2.25. The molecule has 0 aliphatic carbocycles. The maximum Gasteiger partial charge on any atom is 0.151 e. The number of hydrogen-bond donors (Lipinski definition) is 1. The summed E-state index contributed by atoms with van der Waals surface area (Å²) in [5.74, 6) is 1.59. The predicted molar refractivity (Wildman–Crippen MR) is 78.8 cm³/mol. The molecule has 0 aromatic carbocycles. The molecule has 0 aliphatic heterocycles. The third-order valence-corrected chi connectivity index (χ3v) is 2.84. The summed E-state index contributed by atoms with van der Waals surface area (Å²) in [7, 11) is 2.10. The summed E-state index contributed by atoms with van der Waals surface area (Å²) >= 11 is 0. The highest BCUT2D eigenvalue weighted by molar-refractivity contribution is 5.05. The van der Waals surface area contributed by atoms with Crippen molar-refractivity contribution in [1.82, 2.24) is 15.4 Å². The van der Waals surface area contributed by atoms with E-state index in [1.54, 1.807) is 0 Å². The Morgan fingerprint density at radius 3 is 3.00 bits per heavy atom. The van der Waals surface area contributed by atoms with Crippen molar-refractivity contribution >= 4 is 0 Å². The van der Waals surface area contributed by atoms with Gasteiger partial charge in [0.1, 0.15) is 0 Å². The Hall–Kier alpha value is -1.13. The van der Waals surface area contributed by atoms with Gasteiger partial charge in [0.15, 0.2) is 5.76 Å². The highest BCUT2D eigenvalue weighted by Crippen LogP contribution is 2.07. The van der Waals surface area contributed by atoms with Gasteiger partial charge in [0.05, 0.1) is 12.2 Å². The molecule has 4 nitrogen and oxygen atoms in total. The lowest BCUT2D eigenvalue weighted by atomic mass is 10.2. The number of nitrogens with zero attached hydrogens (tertiary/aromatic N) is 2. The Morgan fingerprint density at radius 1 is 1.53 bits per heavy atom. The van der Waals surface area contributed by atoms with E-state index in [2.05, 4.69) is 42.8 Å². The Bertz CT molecular complexity index is 360. The molecule has 0 aliphatic rings. The van der Waals surface area contributed by atoms with E-state index in [1.807, 2.05) is 12.1 Å². The second-order valence-corrected chi connectivity index (χ2v) is 5.48. The number of rotatable bonds is 10. The van der Waals surface area contributed by atoms with Gasteiger partial charge < -0.3 is 9.84 Å². The maximum atomic E-state index is 5.35. The molecule has 1 aromatic heterocycles. The number of aromatic nitrogens is 1. The fourth-order valence-electron chi connectivity index (χ4n) is 1.85. The number of unbranched alkanes of at least 4 members (excludes halogenated alkanes) is 1. The van der Waals surface area contributed by atoms with Crippen LogP contribution in [0.5, 0.6) is 0 Å². The van der Waals surface area contributed by atoms with Gasteiger partial charge in [-0.15, -0.1) is 6.58 Å². The molecule has 0 saturated carbocycles. The lowest BCUT2D eigenvalue weighted by Gasteiger charge is -2.13. The molecule has 0 radical (unpaired) electrons. The topological polar surface area (TPSA) is 41.3 Å². The van der Waals surface area contributed by atoms with E-state index in [4.69, 9.17) is 4.52 Å². The molecule has 0 saturated heterocycles. The Labute approximate surface area is 116 Å². The van der Waals surface area contributed by atoms with Crippen LogP contribution >= 0.6 is 0 Å². The summed E-state index contributed by atoms with van der Waals surface area (Å²) in [5.41, 5.74) is 0.982. The summed E-state index contributed by atoms with van der Waals surface area (Å²) in [6, 6.07) is 2.04. The molecule has 0 bridgehead atoms. The second kappa shape index (κ2) is 8.88. The lowest BCUT2D eigenvalue weighted by molar-refractivity contribution is 0.269. The zero-order valence-corrected chi connectivity index (χ0v) is 12.5. The number of nitrogens with one attached hydrogen (secondary N) is 1. The van der Waals surface area contributed by atoms with Crippen LogP contribution in [0.15, 0.2) is 23.2 Å². The first kappa shape index (κ1) is 15.9. The standard InChI is InChI=1S/C15H27N3O/c1-5-6-7-8-18(4)12-15-9-14(17-19-15)11-16-10-13(2)3/h5,9,13,16H,1,6-8,10-12H2,2-4H3. The molecule has 19 heavy (non-hydrogen) atoms. The first-order chi connectivity index (χ1) is 9.11. The molecule has 1 N–H and O–H groups in total. The van der Waals surface area contributed by atoms with Gasteiger partial charge >= 0.3 is 0 Å². The highest BCUT2D eigenvalue weighted by atomic mass is 16.5. The minimum absolute atomic E-state index is 0.655. The van der Waals surface area contributed by atoms with Gasteiger partial charge in [0.2, 0.25) is 0 Å². The molecule has 4 heteroatoms. The maximum absolute atomic E-state index is 5.35. The summed E-state index contributed by atoms with van der Waals surface area (Å²) in [5, 5.41) is 7.44. The molecule has 1 heterocycles. The minimum atomic E-state index is 0.655. The van der Waals surface area contributed by atoms with Crippen molar-refractivity contribution in [2.75, 3.05) is 20.1 Å². The third kappa shape index (κ3) is 7.13. The molecule has 1 aromatic rings. The first-order valence-electron chi connectivity index (χ1n) is 7.06. The summed E-state index contributed by atoms with van der Waals surface area (Å²) in [6.07, 6.45) is 4.16. The average Bonchev–Trinajstić information content (AvgIpc) is 2.76. The summed E-state index contributed by atoms with van der Waals surface area (Å²) < 4.78 is 5.35. The van der Waals surface area contributed by atoms with Gasteiger partial charge in [-0.05, 0) is 38.9 Å². The van der Waals surface area contributed by atoms with Crippen molar-refractivity contribution in [2.45, 2.75) is 39.8 Å². The van der Waals surface area contributed by atoms with Crippen molar-refractivity contribution in [3.05, 3.63) is 30.2 Å². The van der Waals surface area contributed by atoms with Crippen LogP contribution in [0.1, 0.15) is 38.1 Å². The average molecular weight is 265 g/mol. The second-order valence-electron chi connectivity index (χ2n) is 5.48. The Morgan fingerprint density at radius 2 is 2.32 bits per heavy atom. The van der Waals surface area contributed by atoms with E-state index < -0.39 is 0 Å². The normalized spacial score (nSPS) is 11.4. The van der Waals surface area contributed by atoms with Crippen LogP contribution in [0.2, 0.25) is 0 Å². The zero-order valence-electron chi connectivity index (χ0n) is 12.5. The van der Waals surface area contributed by atoms with Crippen LogP contribution < -0.4 is 5.32 Å². The highest BCUT2D eigenvalue weighted by Gasteiger charge is 2.07. The van der Waals surface area contributed by atoms with E-state index in [0.29, 0.717) is 5.92 Å². The smallest absolute Gasteiger partial charge is 0.151 e. The number of allylic oxidation sites excluding steroid dienone is 1. The van der Waals surface area contributed by atoms with E-state index >= 15 is 0 Å². The molecular weight excluding hydrogens is 238 g/mol. The van der Waals surface area contributed by atoms with Crippen LogP contribution in [0, 0.1) is 5.92 Å². The molecule has 0 spiro atoms. The van der Waals surface area contributed by atoms with Gasteiger partial charge in [-0.1, -0.05) is 25.1 Å². The van der Waals surface area contributed by atoms with E-state index in [9.17, 15) is 0 Å². The lowest BCUT2D eigenvalue weighted by Crippen LogP contribution is -2.19. The monoisotopic (exact) mass is 265 g/mol. The van der Waals surface area contributed by atoms with Crippen molar-refractivity contribution < 1.29 is 4.52 Å². The molecule has 0 atom stereocenters. The molecule has 1 rings (SSSR count). The number of hydrogen-bond acceptors (Lipinski definition) is 4. The van der Waals surface area contributed by atoms with Crippen LogP contribution in [0.4, 0.5) is 0 Å². The fourth-order valence-corrected chi connectivity index (χ4v) is 1.85. The van der Waals surface area contributed by atoms with Crippen LogP contribution in [0.25, 0.3) is 0 Å². The van der Waals surface area contributed by atoms with Crippen LogP contribution in [-0.4, -0.2) is 30.2 Å². The molecule has 0 unspecified atom stereocenters. The molecule has 0 amide bonds. The van der Waals surface area contributed by atoms with Gasteiger partial charge in [0, 0.05) is 12.6 Å². The van der Waals surface area contributed by atoms with E-state index in [0.717, 1.165) is 50.5 Å². The fraction of sp³-hybridized carbons (Fsp3) is 0.667. The van der Waals surface area contributed by atoms with E-state index in [-0.39, 0.29) is 0 Å². The SMILES string of the molecule is C=CCCCN(C)Cc1cc(CNCC(C)C)no1. The molecular formula is C15H27N3O. The quantitative estimate of drug-likeness (QED) is 0.522. The van der Waals surface area contributed by atoms with Gasteiger partial charge in [-0.25, -0.2) is 0 Å². The van der Waals surface area contributed by atoms with Gasteiger partial charge in [0.25, 0.3) is 0 Å². The van der Waals surface area contributed by atoms with E-state index in [1.165, 1.54) is 0 Å². The minimum Gasteiger partial charge on any atom is -0.360 e. The summed E-state index contributed by atoms with van der Waals surface area (Å²) in [6.45, 7) is 11.8. The van der Waals surface area contributed by atoms with Crippen LogP contribution in [0.3, 0.4) is 0 Å². The van der Waals surface area contributed by atoms with Gasteiger partial charge in [-0.3, -0.25) is 4.90 Å². The molecule has 108 valence electrons. The predicted octanol–water partition coefficient (Wildman–Crippen LogP) is 2.82. The van der Waals surface area contributed by atoms with Crippen molar-refractivity contribution in [3.63, 3.8) is 0 Å². The van der Waals surface area contributed by atoms with Crippen molar-refractivity contribution in [3.8, 4) is 0 Å². The van der Waals surface area contributed by atoms with Crippen molar-refractivity contribution in [1.29, 1.82) is 0 Å². The third-order valence-electron chi connectivity index (χ3n) is 2.84. The van der Waals surface area contributed by atoms with Gasteiger partial charge in [-0.2, -0.15) is 0 Å². The zero-order chi connectivity index (χ0) is 14.1. The molecule has 0 fully saturated rings. The largest absolute Gasteiger partial charge is 0.360 e. The Balaban J connectivity index is 2.27.